The Morgan fingerprint density at radius 1 is 0.830 bits per heavy atom. The molecule has 1 saturated heterocycles. The van der Waals surface area contributed by atoms with Gasteiger partial charge in [0, 0.05) is 48.0 Å². The number of nitrogens with one attached hydrogen (secondary N) is 7. The number of carbonyl (C=O) groups excluding carboxylic acids is 9. The summed E-state index contributed by atoms with van der Waals surface area (Å²) in [5.74, 6) is -10.3. The molecule has 3 aromatic carbocycles. The van der Waals surface area contributed by atoms with E-state index in [0.29, 0.717) is 44.7 Å². The largest absolute Gasteiger partial charge is 0.481 e. The molecular weight excluding hydrogens is 1220 g/mol. The smallest absolute Gasteiger partial charge is 0.355 e. The van der Waals surface area contributed by atoms with Crippen molar-refractivity contribution >= 4 is 82.3 Å². The fraction of sp³-hybridized carbons (Fsp3) is 0.415. The van der Waals surface area contributed by atoms with E-state index in [2.05, 4.69) is 47.4 Å². The van der Waals surface area contributed by atoms with Crippen LogP contribution in [0.25, 0.3) is 22.3 Å². The molecule has 3 aliphatic rings. The van der Waals surface area contributed by atoms with E-state index in [4.69, 9.17) is 36.5 Å². The highest BCUT2D eigenvalue weighted by atomic mass is 16.6. The number of carboxylic acid groups (broad SMARTS) is 1. The highest BCUT2D eigenvalue weighted by Gasteiger charge is 2.52. The number of nitrogens with two attached hydrogens (primary N) is 3. The van der Waals surface area contributed by atoms with Gasteiger partial charge in [-0.15, -0.1) is 0 Å². The number of fused-ring (bicyclic) bond motifs is 5. The molecule has 5 heterocycles. The van der Waals surface area contributed by atoms with Gasteiger partial charge in [0.25, 0.3) is 5.56 Å². The topological polar surface area (TPSA) is 440 Å². The minimum atomic E-state index is -2.13. The van der Waals surface area contributed by atoms with Crippen molar-refractivity contribution in [1.29, 1.82) is 0 Å². The number of cyclic esters (lactones) is 1. The van der Waals surface area contributed by atoms with Crippen molar-refractivity contribution < 1.29 is 67.4 Å². The molecule has 29 nitrogen and oxygen atoms in total. The first-order valence-electron chi connectivity index (χ1n) is 30.7. The average molecular weight is 1300 g/mol. The normalized spacial score (nSPS) is 19.8. The first-order chi connectivity index (χ1) is 44.6. The number of carboxylic acids is 1. The molecule has 7 atom stereocenters. The molecule has 94 heavy (non-hydrogen) atoms. The lowest BCUT2D eigenvalue weighted by molar-refractivity contribution is -0.191. The van der Waals surface area contributed by atoms with Crippen molar-refractivity contribution in [3.63, 3.8) is 0 Å². The summed E-state index contributed by atoms with van der Waals surface area (Å²) in [6.45, 7) is 9.41. The minimum absolute atomic E-state index is 0.0403. The van der Waals surface area contributed by atoms with Crippen LogP contribution in [0.3, 0.4) is 0 Å². The Bertz CT molecular complexity index is 3860. The van der Waals surface area contributed by atoms with Crippen LogP contribution in [0.15, 0.2) is 99.9 Å². The predicted molar refractivity (Wildman–Crippen MR) is 341 cm³/mol. The second kappa shape index (κ2) is 30.2. The van der Waals surface area contributed by atoms with Gasteiger partial charge in [0.15, 0.2) is 5.96 Å². The Hall–Kier alpha value is -10.6. The third-order valence-electron chi connectivity index (χ3n) is 15.9. The maximum atomic E-state index is 14.5. The number of esters is 2. The summed E-state index contributed by atoms with van der Waals surface area (Å²) in [6.07, 6.45) is -0.170. The van der Waals surface area contributed by atoms with Crippen LogP contribution in [0.4, 0.5) is 0 Å². The highest BCUT2D eigenvalue weighted by molar-refractivity contribution is 6.03. The van der Waals surface area contributed by atoms with Gasteiger partial charge in [-0.25, -0.2) is 14.6 Å². The van der Waals surface area contributed by atoms with Gasteiger partial charge in [-0.3, -0.25) is 48.1 Å². The Labute approximate surface area is 540 Å². The first-order valence-corrected chi connectivity index (χ1v) is 30.7. The summed E-state index contributed by atoms with van der Waals surface area (Å²) >= 11 is 0. The number of aliphatic imine (C=N–C) groups is 1. The standard InChI is InChI=1S/C65H78N14O15/c1-7-65(42-26-49-54-40(32-79(49)60(89)41(42)33-92-62(65)91)39(30-72-94-64(4,5)6)38-16-11-12-17-44(38)74-54)93-61(90)53(34(2)3)78-55(84)43(66)27-50(80)70-29-37-21-19-36(20-22-37)25-47-57(86)75-45(18-13-23-69-63(67)68)56(85)71-31-51(81)73-48(28-52(82)83)59(88)77-46(58(87)76-47)24-35-14-9-8-10-15-35/h8-12,14-17,19-22,26,30,34,43,45-48,53H,7,13,18,23-25,27-29,31-33,66H2,1-6H3,(H,70,80)(H,71,85)(H,73,81)(H,75,86)(H,76,87)(H,77,88)(H,78,84)(H,82,83)(H4,67,68,69)/b72-30+/t43-,45-,46-,47-,48-,53-,65-/m0/s1. The van der Waals surface area contributed by atoms with Crippen LogP contribution in [0.2, 0.25) is 0 Å². The first kappa shape index (κ1) is 69.3. The van der Waals surface area contributed by atoms with Crippen LogP contribution in [0, 0.1) is 5.92 Å². The molecular formula is C65H78N14O15. The molecule has 0 radical (unpaired) electrons. The van der Waals surface area contributed by atoms with Crippen molar-refractivity contribution in [3.8, 4) is 11.4 Å². The van der Waals surface area contributed by atoms with E-state index < -0.39 is 144 Å². The number of benzene rings is 3. The number of aromatic nitrogens is 2. The minimum Gasteiger partial charge on any atom is -0.481 e. The lowest BCUT2D eigenvalue weighted by atomic mass is 9.85. The Kier molecular flexibility index (Phi) is 22.3. The van der Waals surface area contributed by atoms with E-state index in [0.717, 1.165) is 5.39 Å². The summed E-state index contributed by atoms with van der Waals surface area (Å²) in [5, 5.41) is 32.6. The number of amides is 7. The molecule has 0 saturated carbocycles. The second-order valence-corrected chi connectivity index (χ2v) is 24.4. The number of hydrogen-bond acceptors (Lipinski definition) is 18. The molecule has 29 heteroatoms. The maximum absolute atomic E-state index is 14.5. The van der Waals surface area contributed by atoms with Crippen molar-refractivity contribution in [2.75, 3.05) is 13.1 Å². The predicted octanol–water partition coefficient (Wildman–Crippen LogP) is 0.337. The Balaban J connectivity index is 0.941. The fourth-order valence-electron chi connectivity index (χ4n) is 11.0. The van der Waals surface area contributed by atoms with Crippen molar-refractivity contribution in [3.05, 3.63) is 134 Å². The highest BCUT2D eigenvalue weighted by Crippen LogP contribution is 2.42. The summed E-state index contributed by atoms with van der Waals surface area (Å²) in [7, 11) is 0. The lowest BCUT2D eigenvalue weighted by Gasteiger charge is -2.37. The van der Waals surface area contributed by atoms with Gasteiger partial charge in [-0.1, -0.05) is 98.7 Å². The van der Waals surface area contributed by atoms with Gasteiger partial charge in [0.1, 0.15) is 42.4 Å². The molecule has 0 aliphatic carbocycles. The summed E-state index contributed by atoms with van der Waals surface area (Å²) < 4.78 is 13.2. The van der Waals surface area contributed by atoms with Crippen LogP contribution in [0.5, 0.6) is 0 Å². The Morgan fingerprint density at radius 3 is 2.10 bits per heavy atom. The van der Waals surface area contributed by atoms with Gasteiger partial charge in [-0.05, 0) is 74.8 Å². The van der Waals surface area contributed by atoms with E-state index in [1.165, 1.54) is 4.57 Å². The van der Waals surface area contributed by atoms with Crippen LogP contribution in [-0.4, -0.2) is 141 Å². The van der Waals surface area contributed by atoms with Crippen LogP contribution in [-0.2, 0) is 100 Å². The number of carbonyl (C=O) groups is 10. The van der Waals surface area contributed by atoms with Crippen LogP contribution in [0.1, 0.15) is 113 Å². The zero-order chi connectivity index (χ0) is 68.2. The summed E-state index contributed by atoms with van der Waals surface area (Å²) in [6, 6.07) is 15.3. The number of guanidine groups is 1. The van der Waals surface area contributed by atoms with Gasteiger partial charge in [0.05, 0.1) is 60.7 Å². The maximum Gasteiger partial charge on any atom is 0.355 e. The molecule has 0 bridgehead atoms. The number of para-hydroxylation sites is 1. The number of hydrogen-bond donors (Lipinski definition) is 11. The summed E-state index contributed by atoms with van der Waals surface area (Å²) in [5.41, 5.74) is 18.6. The number of rotatable bonds is 22. The van der Waals surface area contributed by atoms with Crippen molar-refractivity contribution in [2.24, 2.45) is 33.3 Å². The van der Waals surface area contributed by atoms with E-state index in [9.17, 15) is 57.8 Å². The second-order valence-electron chi connectivity index (χ2n) is 24.4. The molecule has 5 aromatic rings. The van der Waals surface area contributed by atoms with Crippen LogP contribution < -0.4 is 60.0 Å². The van der Waals surface area contributed by atoms with Crippen LogP contribution >= 0.6 is 0 Å². The quantitative estimate of drug-likeness (QED) is 0.0143. The number of nitrogens with zero attached hydrogens (tertiary/aromatic N) is 4. The molecule has 8 rings (SSSR count). The zero-order valence-electron chi connectivity index (χ0n) is 52.9. The molecule has 0 spiro atoms. The number of oxime groups is 1. The van der Waals surface area contributed by atoms with E-state index in [-0.39, 0.29) is 68.8 Å². The number of ether oxygens (including phenoxy) is 2. The monoisotopic (exact) mass is 1290 g/mol. The average Bonchev–Trinajstić information content (AvgIpc) is 1.47. The van der Waals surface area contributed by atoms with E-state index >= 15 is 0 Å². The van der Waals surface area contributed by atoms with Gasteiger partial charge >= 0.3 is 17.9 Å². The SMILES string of the molecule is CC[C@@]1(OC(=O)[C@@H](NC(=O)[C@@H](N)CC(=O)NCc2ccc(C[C@@H]3NC(=O)[C@H](Cc4ccccc4)NC(=O)[C@H](CC(=O)O)NC(=O)CNC(=O)[C@H](CCCN=C(N)N)NC3=O)cc2)C(C)C)C(=O)OCc2c1cc1n(c2=O)Cc2c-1nc1ccccc1c2/C=N/OC(C)(C)C. The molecule has 0 unspecified atom stereocenters. The van der Waals surface area contributed by atoms with Gasteiger partial charge < -0.3 is 78.4 Å². The zero-order valence-corrected chi connectivity index (χ0v) is 52.9. The number of pyridine rings is 2. The third kappa shape index (κ3) is 17.1. The molecule has 3 aliphatic heterocycles. The number of aliphatic carboxylic acids is 1. The van der Waals surface area contributed by atoms with Gasteiger partial charge in [0.2, 0.25) is 47.0 Å². The van der Waals surface area contributed by atoms with E-state index in [1.807, 2.05) is 45.0 Å². The van der Waals surface area contributed by atoms with Crippen molar-refractivity contribution in [1.82, 2.24) is 46.8 Å². The molecule has 7 amide bonds. The molecule has 498 valence electrons. The Morgan fingerprint density at radius 2 is 1.46 bits per heavy atom. The van der Waals surface area contributed by atoms with Gasteiger partial charge in [-0.2, -0.15) is 0 Å². The molecule has 1 fully saturated rings. The fourth-order valence-corrected chi connectivity index (χ4v) is 11.0. The third-order valence-corrected chi connectivity index (χ3v) is 15.9. The van der Waals surface area contributed by atoms with E-state index in [1.54, 1.807) is 87.6 Å². The van der Waals surface area contributed by atoms with Crippen molar-refractivity contribution in [2.45, 2.75) is 154 Å². The molecule has 14 N–H and O–H groups in total. The molecule has 2 aromatic heterocycles. The lowest BCUT2D eigenvalue weighted by Crippen LogP contribution is -2.58. The summed E-state index contributed by atoms with van der Waals surface area (Å²) in [4.78, 5) is 165.